The summed E-state index contributed by atoms with van der Waals surface area (Å²) in [5, 5.41) is 15.1. The lowest BCUT2D eigenvalue weighted by atomic mass is 10.2. The third-order valence-corrected chi connectivity index (χ3v) is 3.73. The topological polar surface area (TPSA) is 40.3 Å². The lowest BCUT2D eigenvalue weighted by molar-refractivity contribution is 0.367. The second-order valence-corrected chi connectivity index (χ2v) is 5.60. The summed E-state index contributed by atoms with van der Waals surface area (Å²) in [7, 11) is 0. The van der Waals surface area contributed by atoms with Crippen LogP contribution in [-0.2, 0) is 0 Å². The minimum Gasteiger partial charge on any atom is -0.206 e. The molecule has 0 saturated carbocycles. The van der Waals surface area contributed by atoms with Crippen molar-refractivity contribution in [2.45, 2.75) is 6.17 Å². The van der Waals surface area contributed by atoms with Crippen molar-refractivity contribution >= 4 is 41.2 Å². The van der Waals surface area contributed by atoms with Crippen molar-refractivity contribution in [1.82, 2.24) is 5.01 Å². The van der Waals surface area contributed by atoms with Crippen LogP contribution in [0.5, 0.6) is 0 Å². The van der Waals surface area contributed by atoms with Crippen molar-refractivity contribution in [3.8, 4) is 0 Å². The molecule has 114 valence electrons. The summed E-state index contributed by atoms with van der Waals surface area (Å²) < 4.78 is 0. The zero-order chi connectivity index (χ0) is 16.1. The number of thiocarbonyl (C=S) groups is 1. The Labute approximate surface area is 144 Å². The van der Waals surface area contributed by atoms with Crippen LogP contribution >= 0.6 is 23.8 Å². The first kappa shape index (κ1) is 15.5. The van der Waals surface area contributed by atoms with E-state index in [4.69, 9.17) is 23.8 Å². The second kappa shape index (κ2) is 7.26. The molecule has 0 aromatic heterocycles. The highest BCUT2D eigenvalue weighted by Gasteiger charge is 2.27. The van der Waals surface area contributed by atoms with E-state index in [-0.39, 0.29) is 6.17 Å². The Hall–Kier alpha value is -2.37. The van der Waals surface area contributed by atoms with Crippen LogP contribution in [0.1, 0.15) is 17.3 Å². The molecule has 2 aromatic rings. The summed E-state index contributed by atoms with van der Waals surface area (Å²) in [6.45, 7) is 0. The van der Waals surface area contributed by atoms with Gasteiger partial charge < -0.3 is 0 Å². The highest BCUT2D eigenvalue weighted by molar-refractivity contribution is 7.80. The van der Waals surface area contributed by atoms with Gasteiger partial charge in [-0.25, -0.2) is 5.01 Å². The predicted octanol–water partition coefficient (Wildman–Crippen LogP) is 5.09. The van der Waals surface area contributed by atoms with E-state index in [1.165, 1.54) is 0 Å². The Morgan fingerprint density at radius 1 is 1.09 bits per heavy atom. The summed E-state index contributed by atoms with van der Waals surface area (Å²) in [6, 6.07) is 17.4. The van der Waals surface area contributed by atoms with Gasteiger partial charge in [0, 0.05) is 16.8 Å². The van der Waals surface area contributed by atoms with Gasteiger partial charge in [0.15, 0.2) is 6.17 Å². The fraction of sp³-hybridized carbons (Fsp3) is 0.0588. The van der Waals surface area contributed by atoms with Crippen molar-refractivity contribution in [2.75, 3.05) is 0 Å². The number of hydrogen-bond donors (Lipinski definition) is 0. The summed E-state index contributed by atoms with van der Waals surface area (Å²) in [5.74, 6) is 0. The van der Waals surface area contributed by atoms with Crippen molar-refractivity contribution in [2.24, 2.45) is 15.3 Å². The molecule has 23 heavy (non-hydrogen) atoms. The quantitative estimate of drug-likeness (QED) is 0.574. The number of azo groups is 1. The molecule has 0 saturated heterocycles. The fourth-order valence-corrected chi connectivity index (χ4v) is 2.41. The minimum absolute atomic E-state index is 0.342. The van der Waals surface area contributed by atoms with Crippen molar-refractivity contribution < 1.29 is 0 Å². The molecule has 4 nitrogen and oxygen atoms in total. The number of nitrogens with zero attached hydrogens (tertiary/aromatic N) is 4. The molecule has 1 unspecified atom stereocenters. The highest BCUT2D eigenvalue weighted by Crippen LogP contribution is 2.29. The number of rotatable bonds is 4. The Morgan fingerprint density at radius 3 is 2.57 bits per heavy atom. The van der Waals surface area contributed by atoms with Crippen molar-refractivity contribution in [3.63, 3.8) is 0 Å². The average Bonchev–Trinajstić information content (AvgIpc) is 2.94. The Bertz CT molecular complexity index is 769. The maximum Gasteiger partial charge on any atom is 0.238 e. The van der Waals surface area contributed by atoms with Crippen LogP contribution < -0.4 is 0 Å². The summed E-state index contributed by atoms with van der Waals surface area (Å²) in [5.41, 5.74) is 2.04. The molecule has 0 N–H and O–H groups in total. The van der Waals surface area contributed by atoms with Crippen LogP contribution in [0.4, 0.5) is 0 Å². The van der Waals surface area contributed by atoms with E-state index in [0.717, 1.165) is 11.1 Å². The first-order valence-corrected chi connectivity index (χ1v) is 7.78. The van der Waals surface area contributed by atoms with E-state index >= 15 is 0 Å². The first-order valence-electron chi connectivity index (χ1n) is 6.99. The van der Waals surface area contributed by atoms with Gasteiger partial charge in [0.2, 0.25) is 5.11 Å². The van der Waals surface area contributed by atoms with E-state index in [9.17, 15) is 0 Å². The van der Waals surface area contributed by atoms with Gasteiger partial charge in [0.05, 0.1) is 0 Å². The molecule has 6 heteroatoms. The van der Waals surface area contributed by atoms with Crippen LogP contribution in [0.15, 0.2) is 76.0 Å². The predicted molar refractivity (Wildman–Crippen MR) is 97.5 cm³/mol. The monoisotopic (exact) mass is 340 g/mol. The summed E-state index contributed by atoms with van der Waals surface area (Å²) in [6.07, 6.45) is 5.16. The standard InChI is InChI=1S/C17H13ClN4S/c18-15-10-8-14(9-11-15)16-20-21-17(23)22(16)19-12-4-7-13-5-2-1-3-6-13/h1-12,16H/b7-4+,19-12?. The number of hydrazone groups is 1. The van der Waals surface area contributed by atoms with E-state index in [1.807, 2.05) is 66.7 Å². The molecule has 3 rings (SSSR count). The van der Waals surface area contributed by atoms with Crippen LogP contribution in [-0.4, -0.2) is 16.3 Å². The molecule has 0 aliphatic carbocycles. The molecular weight excluding hydrogens is 328 g/mol. The van der Waals surface area contributed by atoms with Gasteiger partial charge in [-0.1, -0.05) is 60.1 Å². The maximum absolute atomic E-state index is 5.91. The molecule has 0 radical (unpaired) electrons. The van der Waals surface area contributed by atoms with Crippen LogP contribution in [0.25, 0.3) is 6.08 Å². The van der Waals surface area contributed by atoms with Gasteiger partial charge in [0.1, 0.15) is 0 Å². The number of hydrogen-bond acceptors (Lipinski definition) is 3. The number of allylic oxidation sites excluding steroid dienone is 1. The van der Waals surface area contributed by atoms with E-state index in [1.54, 1.807) is 11.2 Å². The summed E-state index contributed by atoms with van der Waals surface area (Å²) >= 11 is 11.1. The van der Waals surface area contributed by atoms with Crippen LogP contribution in [0.3, 0.4) is 0 Å². The normalized spacial score (nSPS) is 17.7. The smallest absolute Gasteiger partial charge is 0.206 e. The van der Waals surface area contributed by atoms with Gasteiger partial charge in [0.25, 0.3) is 0 Å². The van der Waals surface area contributed by atoms with Gasteiger partial charge in [-0.2, -0.15) is 10.2 Å². The molecule has 1 aliphatic rings. The third kappa shape index (κ3) is 3.88. The van der Waals surface area contributed by atoms with Gasteiger partial charge in [-0.15, -0.1) is 5.11 Å². The highest BCUT2D eigenvalue weighted by atomic mass is 35.5. The van der Waals surface area contributed by atoms with Crippen LogP contribution in [0, 0.1) is 0 Å². The molecule has 0 bridgehead atoms. The molecular formula is C17H13ClN4S. The molecule has 2 aromatic carbocycles. The van der Waals surface area contributed by atoms with Crippen LogP contribution in [0.2, 0.25) is 5.02 Å². The number of benzene rings is 2. The zero-order valence-electron chi connectivity index (χ0n) is 12.1. The van der Waals surface area contributed by atoms with Gasteiger partial charge in [-0.05, 0) is 36.0 Å². The molecule has 0 fully saturated rings. The van der Waals surface area contributed by atoms with E-state index < -0.39 is 0 Å². The Balaban J connectivity index is 1.72. The zero-order valence-corrected chi connectivity index (χ0v) is 13.7. The molecule has 1 atom stereocenters. The van der Waals surface area contributed by atoms with E-state index in [0.29, 0.717) is 10.1 Å². The fourth-order valence-electron chi connectivity index (χ4n) is 2.09. The largest absolute Gasteiger partial charge is 0.238 e. The lowest BCUT2D eigenvalue weighted by Crippen LogP contribution is -2.21. The SMILES string of the molecule is S=C1N=NC(c2ccc(Cl)cc2)N1N=C/C=C/c1ccccc1. The maximum atomic E-state index is 5.91. The Morgan fingerprint density at radius 2 is 1.83 bits per heavy atom. The molecule has 0 amide bonds. The van der Waals surface area contributed by atoms with Gasteiger partial charge in [-0.3, -0.25) is 0 Å². The minimum atomic E-state index is -0.346. The molecule has 1 heterocycles. The molecule has 0 spiro atoms. The van der Waals surface area contributed by atoms with Gasteiger partial charge >= 0.3 is 0 Å². The van der Waals surface area contributed by atoms with E-state index in [2.05, 4.69) is 15.3 Å². The van der Waals surface area contributed by atoms with Crippen molar-refractivity contribution in [1.29, 1.82) is 0 Å². The lowest BCUT2D eigenvalue weighted by Gasteiger charge is -2.17. The Kier molecular flexibility index (Phi) is 4.90. The summed E-state index contributed by atoms with van der Waals surface area (Å²) in [4.78, 5) is 0. The number of halogens is 1. The second-order valence-electron chi connectivity index (χ2n) is 4.80. The first-order chi connectivity index (χ1) is 11.2. The third-order valence-electron chi connectivity index (χ3n) is 3.21. The molecule has 1 aliphatic heterocycles. The average molecular weight is 341 g/mol. The van der Waals surface area contributed by atoms with Crippen molar-refractivity contribution in [3.05, 3.63) is 76.8 Å².